The molecule has 2 N–H and O–H groups in total. The maximum Gasteiger partial charge on any atom is 0.326 e. The minimum Gasteiger partial charge on any atom is -0.480 e. The molecule has 0 aliphatic rings. The minimum absolute atomic E-state index is 0.0286. The normalized spacial score (nSPS) is 13.1. The number of carbonyl (C=O) groups is 2. The van der Waals surface area contributed by atoms with Crippen molar-refractivity contribution in [3.05, 3.63) is 6.33 Å². The van der Waals surface area contributed by atoms with E-state index in [-0.39, 0.29) is 23.1 Å². The van der Waals surface area contributed by atoms with Crippen LogP contribution in [0.2, 0.25) is 0 Å². The summed E-state index contributed by atoms with van der Waals surface area (Å²) < 4.78 is 1.87. The van der Waals surface area contributed by atoms with Gasteiger partial charge in [-0.15, -0.1) is 10.2 Å². The highest BCUT2D eigenvalue weighted by atomic mass is 32.2. The van der Waals surface area contributed by atoms with Crippen molar-refractivity contribution in [3.63, 3.8) is 0 Å². The van der Waals surface area contributed by atoms with E-state index in [0.717, 1.165) is 6.42 Å². The smallest absolute Gasteiger partial charge is 0.326 e. The molecule has 1 aromatic heterocycles. The number of carboxylic acids is 1. The van der Waals surface area contributed by atoms with Crippen LogP contribution in [0.5, 0.6) is 0 Å². The molecule has 0 aromatic carbocycles. The van der Waals surface area contributed by atoms with Gasteiger partial charge < -0.3 is 15.0 Å². The molecule has 0 bridgehead atoms. The van der Waals surface area contributed by atoms with Crippen molar-refractivity contribution in [1.29, 1.82) is 0 Å². The van der Waals surface area contributed by atoms with E-state index in [9.17, 15) is 14.7 Å². The van der Waals surface area contributed by atoms with Crippen LogP contribution in [0.1, 0.15) is 53.5 Å². The van der Waals surface area contributed by atoms with Gasteiger partial charge in [0.1, 0.15) is 12.4 Å². The van der Waals surface area contributed by atoms with Crippen molar-refractivity contribution < 1.29 is 14.7 Å². The number of thioether (sulfide) groups is 1. The van der Waals surface area contributed by atoms with Gasteiger partial charge in [-0.2, -0.15) is 0 Å². The predicted octanol–water partition coefficient (Wildman–Crippen LogP) is 2.35. The highest BCUT2D eigenvalue weighted by Gasteiger charge is 2.23. The maximum absolute atomic E-state index is 12.0. The molecule has 0 saturated carbocycles. The van der Waals surface area contributed by atoms with Crippen molar-refractivity contribution in [2.24, 2.45) is 5.41 Å². The van der Waals surface area contributed by atoms with Gasteiger partial charge in [-0.1, -0.05) is 32.5 Å². The van der Waals surface area contributed by atoms with Crippen LogP contribution in [0, 0.1) is 5.41 Å². The summed E-state index contributed by atoms with van der Waals surface area (Å²) in [6.45, 7) is 10.1. The van der Waals surface area contributed by atoms with E-state index < -0.39 is 12.0 Å². The van der Waals surface area contributed by atoms with Crippen molar-refractivity contribution >= 4 is 23.6 Å². The Kier molecular flexibility index (Phi) is 7.05. The molecule has 0 radical (unpaired) electrons. The Morgan fingerprint density at radius 1 is 1.39 bits per heavy atom. The van der Waals surface area contributed by atoms with Crippen LogP contribution in [0.3, 0.4) is 0 Å². The summed E-state index contributed by atoms with van der Waals surface area (Å²) in [6.07, 6.45) is 2.75. The second-order valence-corrected chi connectivity index (χ2v) is 7.90. The number of nitrogens with one attached hydrogen (secondary N) is 1. The van der Waals surface area contributed by atoms with Gasteiger partial charge in [-0.25, -0.2) is 4.79 Å². The van der Waals surface area contributed by atoms with Crippen molar-refractivity contribution in [2.75, 3.05) is 5.75 Å². The lowest BCUT2D eigenvalue weighted by molar-refractivity contribution is -0.141. The Morgan fingerprint density at radius 2 is 2.04 bits per heavy atom. The topological polar surface area (TPSA) is 97.1 Å². The highest BCUT2D eigenvalue weighted by Crippen LogP contribution is 2.22. The molecular formula is C15H26N4O3S. The van der Waals surface area contributed by atoms with Crippen LogP contribution in [0.15, 0.2) is 11.5 Å². The summed E-state index contributed by atoms with van der Waals surface area (Å²) in [7, 11) is 0. The Hall–Kier alpha value is -1.57. The number of aromatic nitrogens is 3. The molecular weight excluding hydrogens is 316 g/mol. The lowest BCUT2D eigenvalue weighted by Crippen LogP contribution is -2.42. The summed E-state index contributed by atoms with van der Waals surface area (Å²) in [5, 5.41) is 20.3. The van der Waals surface area contributed by atoms with Crippen molar-refractivity contribution in [2.45, 2.75) is 64.7 Å². The summed E-state index contributed by atoms with van der Waals surface area (Å²) in [5.41, 5.74) is 0.0286. The third-order valence-electron chi connectivity index (χ3n) is 3.25. The summed E-state index contributed by atoms with van der Waals surface area (Å²) in [4.78, 5) is 23.3. The molecule has 1 unspecified atom stereocenters. The molecule has 7 nitrogen and oxygen atoms in total. The lowest BCUT2D eigenvalue weighted by Gasteiger charge is -2.21. The molecule has 1 amide bonds. The predicted molar refractivity (Wildman–Crippen MR) is 89.4 cm³/mol. The second kappa shape index (κ2) is 8.33. The maximum atomic E-state index is 12.0. The van der Waals surface area contributed by atoms with E-state index in [4.69, 9.17) is 0 Å². The summed E-state index contributed by atoms with van der Waals surface area (Å²) >= 11 is 1.25. The Bertz CT molecular complexity index is 537. The van der Waals surface area contributed by atoms with Gasteiger partial charge in [0.05, 0.1) is 5.75 Å². The molecule has 1 heterocycles. The third-order valence-corrected chi connectivity index (χ3v) is 4.20. The van der Waals surface area contributed by atoms with Crippen LogP contribution >= 0.6 is 11.8 Å². The van der Waals surface area contributed by atoms with Crippen molar-refractivity contribution in [1.82, 2.24) is 20.1 Å². The number of rotatable bonds is 8. The Labute approximate surface area is 141 Å². The second-order valence-electron chi connectivity index (χ2n) is 6.96. The molecule has 0 aliphatic heterocycles. The van der Waals surface area contributed by atoms with Crippen LogP contribution < -0.4 is 5.32 Å². The summed E-state index contributed by atoms with van der Waals surface area (Å²) in [6, 6.07) is -0.653. The molecule has 1 aromatic rings. The lowest BCUT2D eigenvalue weighted by atomic mass is 9.88. The zero-order valence-electron chi connectivity index (χ0n) is 14.4. The van der Waals surface area contributed by atoms with Crippen LogP contribution in [-0.4, -0.2) is 43.5 Å². The average molecular weight is 342 g/mol. The Balaban J connectivity index is 2.52. The van der Waals surface area contributed by atoms with Gasteiger partial charge in [0, 0.05) is 6.04 Å². The first-order valence-electron chi connectivity index (χ1n) is 7.64. The minimum atomic E-state index is -1.00. The molecule has 0 aliphatic carbocycles. The van der Waals surface area contributed by atoms with E-state index in [2.05, 4.69) is 15.5 Å². The van der Waals surface area contributed by atoms with Gasteiger partial charge in [0.25, 0.3) is 0 Å². The zero-order valence-corrected chi connectivity index (χ0v) is 15.2. The van der Waals surface area contributed by atoms with Gasteiger partial charge in [0.15, 0.2) is 5.16 Å². The number of aliphatic carboxylic acids is 1. The number of hydrogen-bond acceptors (Lipinski definition) is 5. The SMILES string of the molecule is CC(C)n1cnnc1SCC(=O)NC(CCC(C)(C)C)C(=O)O. The fourth-order valence-corrected chi connectivity index (χ4v) is 2.75. The molecule has 0 fully saturated rings. The molecule has 1 atom stereocenters. The van der Waals surface area contributed by atoms with E-state index in [1.54, 1.807) is 6.33 Å². The first kappa shape index (κ1) is 19.5. The fourth-order valence-electron chi connectivity index (χ4n) is 1.89. The number of carbonyl (C=O) groups excluding carboxylic acids is 1. The van der Waals surface area contributed by atoms with Gasteiger partial charge in [-0.05, 0) is 32.1 Å². The largest absolute Gasteiger partial charge is 0.480 e. The molecule has 23 heavy (non-hydrogen) atoms. The van der Waals surface area contributed by atoms with E-state index in [0.29, 0.717) is 11.6 Å². The fraction of sp³-hybridized carbons (Fsp3) is 0.733. The van der Waals surface area contributed by atoms with Crippen LogP contribution in [0.25, 0.3) is 0 Å². The molecule has 0 saturated heterocycles. The molecule has 1 rings (SSSR count). The molecule has 130 valence electrons. The first-order chi connectivity index (χ1) is 10.6. The quantitative estimate of drug-likeness (QED) is 0.704. The number of amides is 1. The van der Waals surface area contributed by atoms with Crippen LogP contribution in [0.4, 0.5) is 0 Å². The van der Waals surface area contributed by atoms with Gasteiger partial charge in [0.2, 0.25) is 5.91 Å². The standard InChI is InChI=1S/C15H26N4O3S/c1-10(2)19-9-16-18-14(19)23-8-12(20)17-11(13(21)22)6-7-15(3,4)5/h9-11H,6-8H2,1-5H3,(H,17,20)(H,21,22). The monoisotopic (exact) mass is 342 g/mol. The van der Waals surface area contributed by atoms with Crippen molar-refractivity contribution in [3.8, 4) is 0 Å². The Morgan fingerprint density at radius 3 is 2.57 bits per heavy atom. The first-order valence-corrected chi connectivity index (χ1v) is 8.63. The zero-order chi connectivity index (χ0) is 17.6. The third kappa shape index (κ3) is 7.02. The molecule has 8 heteroatoms. The van der Waals surface area contributed by atoms with Crippen LogP contribution in [-0.2, 0) is 9.59 Å². The molecule has 0 spiro atoms. The average Bonchev–Trinajstić information content (AvgIpc) is 2.88. The van der Waals surface area contributed by atoms with E-state index in [1.807, 2.05) is 39.2 Å². The number of hydrogen-bond donors (Lipinski definition) is 2. The van der Waals surface area contributed by atoms with E-state index >= 15 is 0 Å². The van der Waals surface area contributed by atoms with Gasteiger partial charge in [-0.3, -0.25) is 4.79 Å². The highest BCUT2D eigenvalue weighted by molar-refractivity contribution is 7.99. The number of carboxylic acid groups (broad SMARTS) is 1. The summed E-state index contributed by atoms with van der Waals surface area (Å²) in [5.74, 6) is -1.20. The number of nitrogens with zero attached hydrogens (tertiary/aromatic N) is 3. The van der Waals surface area contributed by atoms with E-state index in [1.165, 1.54) is 11.8 Å². The van der Waals surface area contributed by atoms with Gasteiger partial charge >= 0.3 is 5.97 Å².